The zero-order valence-electron chi connectivity index (χ0n) is 12.1. The van der Waals surface area contributed by atoms with Crippen LogP contribution in [0.15, 0.2) is 36.4 Å². The Bertz CT molecular complexity index is 626. The standard InChI is InChI=1S/C17H18F2O2/c1-11-4-3-5-13(10-11)21-9-8-15(20)14-7-6-12(2)16(18)17(14)19/h3-7,10,15,20H,8-9H2,1-2H3. The number of hydrogen-bond donors (Lipinski definition) is 1. The van der Waals surface area contributed by atoms with Crippen LogP contribution in [0.2, 0.25) is 0 Å². The maximum Gasteiger partial charge on any atom is 0.164 e. The minimum atomic E-state index is -1.09. The molecule has 0 aliphatic carbocycles. The summed E-state index contributed by atoms with van der Waals surface area (Å²) < 4.78 is 32.7. The summed E-state index contributed by atoms with van der Waals surface area (Å²) in [5, 5.41) is 9.96. The Hall–Kier alpha value is -1.94. The highest BCUT2D eigenvalue weighted by Crippen LogP contribution is 2.24. The normalized spacial score (nSPS) is 12.2. The molecule has 0 saturated carbocycles. The van der Waals surface area contributed by atoms with Crippen molar-refractivity contribution in [3.8, 4) is 5.75 Å². The van der Waals surface area contributed by atoms with Gasteiger partial charge in [0.25, 0.3) is 0 Å². The average molecular weight is 292 g/mol. The summed E-state index contributed by atoms with van der Waals surface area (Å²) in [7, 11) is 0. The third kappa shape index (κ3) is 3.79. The van der Waals surface area contributed by atoms with E-state index in [9.17, 15) is 13.9 Å². The molecule has 0 spiro atoms. The van der Waals surface area contributed by atoms with Crippen molar-refractivity contribution in [3.05, 3.63) is 64.7 Å². The molecule has 0 radical (unpaired) electrons. The van der Waals surface area contributed by atoms with E-state index in [2.05, 4.69) is 0 Å². The van der Waals surface area contributed by atoms with Gasteiger partial charge in [-0.2, -0.15) is 0 Å². The van der Waals surface area contributed by atoms with Gasteiger partial charge in [0.1, 0.15) is 5.75 Å². The van der Waals surface area contributed by atoms with Gasteiger partial charge in [-0.15, -0.1) is 0 Å². The van der Waals surface area contributed by atoms with Crippen molar-refractivity contribution in [1.82, 2.24) is 0 Å². The lowest BCUT2D eigenvalue weighted by molar-refractivity contribution is 0.136. The Kier molecular flexibility index (Phi) is 4.91. The van der Waals surface area contributed by atoms with E-state index in [1.165, 1.54) is 19.1 Å². The van der Waals surface area contributed by atoms with Crippen LogP contribution in [0.5, 0.6) is 5.75 Å². The van der Waals surface area contributed by atoms with Crippen molar-refractivity contribution in [2.45, 2.75) is 26.4 Å². The molecule has 2 rings (SSSR count). The van der Waals surface area contributed by atoms with E-state index in [0.29, 0.717) is 5.75 Å². The highest BCUT2D eigenvalue weighted by atomic mass is 19.2. The van der Waals surface area contributed by atoms with Crippen molar-refractivity contribution in [3.63, 3.8) is 0 Å². The summed E-state index contributed by atoms with van der Waals surface area (Å²) in [6.07, 6.45) is -0.905. The fraction of sp³-hybridized carbons (Fsp3) is 0.294. The van der Waals surface area contributed by atoms with Gasteiger partial charge in [0.05, 0.1) is 12.7 Å². The van der Waals surface area contributed by atoms with Gasteiger partial charge >= 0.3 is 0 Å². The van der Waals surface area contributed by atoms with Crippen molar-refractivity contribution >= 4 is 0 Å². The molecule has 2 nitrogen and oxygen atoms in total. The Morgan fingerprint density at radius 1 is 1.10 bits per heavy atom. The molecule has 0 aliphatic heterocycles. The summed E-state index contributed by atoms with van der Waals surface area (Å²) in [6, 6.07) is 10.4. The Balaban J connectivity index is 1.96. The first-order valence-electron chi connectivity index (χ1n) is 6.81. The lowest BCUT2D eigenvalue weighted by Crippen LogP contribution is -2.08. The lowest BCUT2D eigenvalue weighted by Gasteiger charge is -2.14. The highest BCUT2D eigenvalue weighted by molar-refractivity contribution is 5.28. The number of hydrogen-bond acceptors (Lipinski definition) is 2. The van der Waals surface area contributed by atoms with Crippen LogP contribution < -0.4 is 4.74 Å². The zero-order valence-corrected chi connectivity index (χ0v) is 12.1. The third-order valence-corrected chi connectivity index (χ3v) is 3.31. The molecule has 0 heterocycles. The summed E-state index contributed by atoms with van der Waals surface area (Å²) >= 11 is 0. The number of benzene rings is 2. The molecule has 0 bridgehead atoms. The molecule has 0 fully saturated rings. The number of aryl methyl sites for hydroxylation is 2. The van der Waals surface area contributed by atoms with Gasteiger partial charge in [-0.05, 0) is 37.1 Å². The zero-order chi connectivity index (χ0) is 15.4. The Labute approximate surface area is 123 Å². The topological polar surface area (TPSA) is 29.5 Å². The van der Waals surface area contributed by atoms with E-state index in [-0.39, 0.29) is 24.2 Å². The maximum absolute atomic E-state index is 13.7. The van der Waals surface area contributed by atoms with Gasteiger partial charge in [0, 0.05) is 12.0 Å². The van der Waals surface area contributed by atoms with Gasteiger partial charge < -0.3 is 9.84 Å². The smallest absolute Gasteiger partial charge is 0.164 e. The van der Waals surface area contributed by atoms with Crippen LogP contribution in [0.1, 0.15) is 29.2 Å². The highest BCUT2D eigenvalue weighted by Gasteiger charge is 2.17. The maximum atomic E-state index is 13.7. The van der Waals surface area contributed by atoms with Crippen LogP contribution in [0.4, 0.5) is 8.78 Å². The first kappa shape index (κ1) is 15.4. The number of halogens is 2. The van der Waals surface area contributed by atoms with E-state index in [1.807, 2.05) is 31.2 Å². The number of rotatable bonds is 5. The van der Waals surface area contributed by atoms with Gasteiger partial charge in [-0.25, -0.2) is 8.78 Å². The van der Waals surface area contributed by atoms with Gasteiger partial charge in [-0.1, -0.05) is 24.3 Å². The van der Waals surface area contributed by atoms with Crippen molar-refractivity contribution in [1.29, 1.82) is 0 Å². The Morgan fingerprint density at radius 3 is 2.57 bits per heavy atom. The van der Waals surface area contributed by atoms with E-state index in [1.54, 1.807) is 0 Å². The molecule has 0 amide bonds. The second kappa shape index (κ2) is 6.68. The molecule has 112 valence electrons. The van der Waals surface area contributed by atoms with Gasteiger partial charge in [-0.3, -0.25) is 0 Å². The van der Waals surface area contributed by atoms with Crippen LogP contribution >= 0.6 is 0 Å². The van der Waals surface area contributed by atoms with E-state index in [4.69, 9.17) is 4.74 Å². The molecule has 2 aromatic carbocycles. The summed E-state index contributed by atoms with van der Waals surface area (Å²) in [4.78, 5) is 0. The molecule has 0 saturated heterocycles. The van der Waals surface area contributed by atoms with Crippen LogP contribution in [0.25, 0.3) is 0 Å². The number of aliphatic hydroxyl groups excluding tert-OH is 1. The predicted octanol–water partition coefficient (Wildman–Crippen LogP) is 4.08. The molecule has 0 aromatic heterocycles. The van der Waals surface area contributed by atoms with Crippen molar-refractivity contribution < 1.29 is 18.6 Å². The molecule has 1 unspecified atom stereocenters. The van der Waals surface area contributed by atoms with E-state index >= 15 is 0 Å². The quantitative estimate of drug-likeness (QED) is 0.899. The monoisotopic (exact) mass is 292 g/mol. The number of ether oxygens (including phenoxy) is 1. The fourth-order valence-corrected chi connectivity index (χ4v) is 2.07. The predicted molar refractivity (Wildman–Crippen MR) is 77.3 cm³/mol. The Morgan fingerprint density at radius 2 is 1.86 bits per heavy atom. The fourth-order valence-electron chi connectivity index (χ4n) is 2.07. The van der Waals surface area contributed by atoms with Gasteiger partial charge in [0.2, 0.25) is 0 Å². The largest absolute Gasteiger partial charge is 0.493 e. The molecule has 1 N–H and O–H groups in total. The van der Waals surface area contributed by atoms with Crippen LogP contribution in [-0.4, -0.2) is 11.7 Å². The van der Waals surface area contributed by atoms with Crippen LogP contribution in [-0.2, 0) is 0 Å². The molecule has 21 heavy (non-hydrogen) atoms. The number of aliphatic hydroxyl groups is 1. The van der Waals surface area contributed by atoms with E-state index in [0.717, 1.165) is 5.56 Å². The summed E-state index contributed by atoms with van der Waals surface area (Å²) in [6.45, 7) is 3.65. The van der Waals surface area contributed by atoms with Crippen molar-refractivity contribution in [2.75, 3.05) is 6.61 Å². The van der Waals surface area contributed by atoms with Crippen LogP contribution in [0.3, 0.4) is 0 Å². The second-order valence-electron chi connectivity index (χ2n) is 5.07. The second-order valence-corrected chi connectivity index (χ2v) is 5.07. The first-order valence-corrected chi connectivity index (χ1v) is 6.81. The molecular weight excluding hydrogens is 274 g/mol. The summed E-state index contributed by atoms with van der Waals surface area (Å²) in [5.41, 5.74) is 1.25. The molecule has 2 aromatic rings. The minimum absolute atomic E-state index is 0.0362. The first-order chi connectivity index (χ1) is 9.99. The van der Waals surface area contributed by atoms with Crippen LogP contribution in [0, 0.1) is 25.5 Å². The SMILES string of the molecule is Cc1cccc(OCCC(O)c2ccc(C)c(F)c2F)c1. The third-order valence-electron chi connectivity index (χ3n) is 3.31. The average Bonchev–Trinajstić information content (AvgIpc) is 2.45. The van der Waals surface area contributed by atoms with E-state index < -0.39 is 17.7 Å². The molecule has 1 atom stereocenters. The molecule has 4 heteroatoms. The molecule has 0 aliphatic rings. The van der Waals surface area contributed by atoms with Gasteiger partial charge in [0.15, 0.2) is 11.6 Å². The minimum Gasteiger partial charge on any atom is -0.493 e. The molecular formula is C17H18F2O2. The van der Waals surface area contributed by atoms with Crippen molar-refractivity contribution in [2.24, 2.45) is 0 Å². The lowest BCUT2D eigenvalue weighted by atomic mass is 10.0. The summed E-state index contributed by atoms with van der Waals surface area (Å²) in [5.74, 6) is -1.21.